The monoisotopic (exact) mass is 199 g/mol. The van der Waals surface area contributed by atoms with E-state index in [0.29, 0.717) is 29.7 Å². The van der Waals surface area contributed by atoms with Crippen molar-refractivity contribution >= 4 is 11.6 Å². The average molecular weight is 200 g/mol. The fourth-order valence-electron chi connectivity index (χ4n) is 1.20. The van der Waals surface area contributed by atoms with E-state index in [1.54, 1.807) is 18.2 Å². The van der Waals surface area contributed by atoms with E-state index in [0.717, 1.165) is 0 Å². The van der Waals surface area contributed by atoms with Crippen molar-refractivity contribution in [2.45, 2.75) is 6.10 Å². The lowest BCUT2D eigenvalue weighted by atomic mass is 10.2. The predicted octanol–water partition coefficient (Wildman–Crippen LogP) is 1.44. The van der Waals surface area contributed by atoms with Crippen molar-refractivity contribution in [1.82, 2.24) is 0 Å². The van der Waals surface area contributed by atoms with Crippen LogP contribution in [0.15, 0.2) is 18.2 Å². The zero-order chi connectivity index (χ0) is 9.26. The van der Waals surface area contributed by atoms with Crippen molar-refractivity contribution in [2.24, 2.45) is 5.73 Å². The van der Waals surface area contributed by atoms with Crippen LogP contribution in [0.25, 0.3) is 0 Å². The van der Waals surface area contributed by atoms with Gasteiger partial charge in [-0.05, 0) is 12.1 Å². The second kappa shape index (κ2) is 3.44. The fourth-order valence-corrected chi connectivity index (χ4v) is 1.37. The van der Waals surface area contributed by atoms with Crippen LogP contribution in [0, 0.1) is 0 Å². The first-order chi connectivity index (χ1) is 6.29. The van der Waals surface area contributed by atoms with Crippen LogP contribution in [0.5, 0.6) is 11.5 Å². The Balaban J connectivity index is 2.26. The van der Waals surface area contributed by atoms with Crippen molar-refractivity contribution in [3.05, 3.63) is 23.2 Å². The van der Waals surface area contributed by atoms with Crippen molar-refractivity contribution in [2.75, 3.05) is 13.2 Å². The summed E-state index contributed by atoms with van der Waals surface area (Å²) >= 11 is 5.79. The van der Waals surface area contributed by atoms with Crippen LogP contribution >= 0.6 is 11.6 Å². The minimum Gasteiger partial charge on any atom is -0.486 e. The molecule has 0 unspecified atom stereocenters. The van der Waals surface area contributed by atoms with Gasteiger partial charge in [0.05, 0.1) is 0 Å². The number of nitrogens with two attached hydrogens (primary N) is 1. The Bertz CT molecular complexity index is 316. The molecule has 1 aliphatic heterocycles. The van der Waals surface area contributed by atoms with Crippen molar-refractivity contribution in [3.63, 3.8) is 0 Å². The third-order valence-electron chi connectivity index (χ3n) is 1.89. The molecule has 0 fully saturated rings. The summed E-state index contributed by atoms with van der Waals surface area (Å²) in [6.45, 7) is 0.950. The predicted molar refractivity (Wildman–Crippen MR) is 50.4 cm³/mol. The maximum Gasteiger partial charge on any atom is 0.162 e. The summed E-state index contributed by atoms with van der Waals surface area (Å²) in [4.78, 5) is 0. The van der Waals surface area contributed by atoms with Gasteiger partial charge in [-0.2, -0.15) is 0 Å². The zero-order valence-electron chi connectivity index (χ0n) is 7.00. The van der Waals surface area contributed by atoms with Gasteiger partial charge in [-0.1, -0.05) is 11.6 Å². The molecule has 0 bridgehead atoms. The third-order valence-corrected chi connectivity index (χ3v) is 2.12. The van der Waals surface area contributed by atoms with E-state index in [2.05, 4.69) is 0 Å². The molecule has 13 heavy (non-hydrogen) atoms. The van der Waals surface area contributed by atoms with E-state index >= 15 is 0 Å². The zero-order valence-corrected chi connectivity index (χ0v) is 7.75. The molecule has 0 radical (unpaired) electrons. The van der Waals surface area contributed by atoms with Gasteiger partial charge in [-0.3, -0.25) is 0 Å². The Morgan fingerprint density at radius 3 is 3.08 bits per heavy atom. The second-order valence-electron chi connectivity index (χ2n) is 2.88. The summed E-state index contributed by atoms with van der Waals surface area (Å²) in [5.74, 6) is 1.41. The molecule has 1 aromatic rings. The first-order valence-corrected chi connectivity index (χ1v) is 4.46. The molecule has 0 saturated heterocycles. The fraction of sp³-hybridized carbons (Fsp3) is 0.333. The van der Waals surface area contributed by atoms with E-state index in [1.807, 2.05) is 0 Å². The highest BCUT2D eigenvalue weighted by molar-refractivity contribution is 6.30. The summed E-state index contributed by atoms with van der Waals surface area (Å²) in [5.41, 5.74) is 5.46. The molecule has 1 aromatic carbocycles. The number of ether oxygens (including phenoxy) is 2. The van der Waals surface area contributed by atoms with E-state index in [-0.39, 0.29) is 6.10 Å². The average Bonchev–Trinajstić information content (AvgIpc) is 2.17. The maximum absolute atomic E-state index is 5.79. The van der Waals surface area contributed by atoms with Gasteiger partial charge in [-0.25, -0.2) is 0 Å². The van der Waals surface area contributed by atoms with Gasteiger partial charge < -0.3 is 15.2 Å². The van der Waals surface area contributed by atoms with Crippen molar-refractivity contribution < 1.29 is 9.47 Å². The third kappa shape index (κ3) is 1.71. The number of hydrogen-bond acceptors (Lipinski definition) is 3. The van der Waals surface area contributed by atoms with E-state index in [1.165, 1.54) is 0 Å². The van der Waals surface area contributed by atoms with Crippen LogP contribution < -0.4 is 15.2 Å². The summed E-state index contributed by atoms with van der Waals surface area (Å²) in [6.07, 6.45) is -0.0475. The standard InChI is InChI=1S/C9H10ClNO2/c10-6-1-2-8-9(3-6)12-5-7(4-11)13-8/h1-3,7H,4-5,11H2/t7-/m1/s1. The van der Waals surface area contributed by atoms with Gasteiger partial charge in [0.1, 0.15) is 12.7 Å². The minimum atomic E-state index is -0.0475. The number of halogens is 1. The molecule has 4 heteroatoms. The molecular formula is C9H10ClNO2. The van der Waals surface area contributed by atoms with Gasteiger partial charge in [0.15, 0.2) is 11.5 Å². The number of fused-ring (bicyclic) bond motifs is 1. The quantitative estimate of drug-likeness (QED) is 0.745. The molecule has 1 atom stereocenters. The summed E-state index contributed by atoms with van der Waals surface area (Å²) in [5, 5.41) is 0.647. The molecule has 1 aliphatic rings. The van der Waals surface area contributed by atoms with Gasteiger partial charge in [0.25, 0.3) is 0 Å². The first kappa shape index (κ1) is 8.66. The van der Waals surface area contributed by atoms with Crippen LogP contribution in [0.1, 0.15) is 0 Å². The molecule has 0 amide bonds. The van der Waals surface area contributed by atoms with Crippen LogP contribution in [0.4, 0.5) is 0 Å². The summed E-state index contributed by atoms with van der Waals surface area (Å²) < 4.78 is 10.9. The first-order valence-electron chi connectivity index (χ1n) is 4.08. The SMILES string of the molecule is NC[C@@H]1COc2cc(Cl)ccc2O1. The van der Waals surface area contributed by atoms with Gasteiger partial charge in [0, 0.05) is 17.6 Å². The van der Waals surface area contributed by atoms with Crippen molar-refractivity contribution in [3.8, 4) is 11.5 Å². The normalized spacial score (nSPS) is 20.0. The molecule has 1 heterocycles. The Morgan fingerprint density at radius 1 is 1.46 bits per heavy atom. The topological polar surface area (TPSA) is 44.5 Å². The highest BCUT2D eigenvalue weighted by atomic mass is 35.5. The van der Waals surface area contributed by atoms with E-state index in [4.69, 9.17) is 26.8 Å². The Labute approximate surface area is 81.4 Å². The van der Waals surface area contributed by atoms with Crippen LogP contribution in [-0.4, -0.2) is 19.3 Å². The molecular weight excluding hydrogens is 190 g/mol. The summed E-state index contributed by atoms with van der Waals surface area (Å²) in [6, 6.07) is 5.30. The second-order valence-corrected chi connectivity index (χ2v) is 3.31. The minimum absolute atomic E-state index is 0.0475. The lowest BCUT2D eigenvalue weighted by Gasteiger charge is -2.25. The summed E-state index contributed by atoms with van der Waals surface area (Å²) in [7, 11) is 0. The Kier molecular flexibility index (Phi) is 2.29. The van der Waals surface area contributed by atoms with Gasteiger partial charge in [-0.15, -0.1) is 0 Å². The lowest BCUT2D eigenvalue weighted by molar-refractivity contribution is 0.0969. The molecule has 2 N–H and O–H groups in total. The lowest BCUT2D eigenvalue weighted by Crippen LogP contribution is -2.35. The van der Waals surface area contributed by atoms with Gasteiger partial charge in [0.2, 0.25) is 0 Å². The van der Waals surface area contributed by atoms with E-state index in [9.17, 15) is 0 Å². The molecule has 0 spiro atoms. The molecule has 0 saturated carbocycles. The molecule has 2 rings (SSSR count). The highest BCUT2D eigenvalue weighted by Crippen LogP contribution is 2.33. The molecule has 0 aromatic heterocycles. The van der Waals surface area contributed by atoms with Crippen LogP contribution in [0.2, 0.25) is 5.02 Å². The molecule has 0 aliphatic carbocycles. The van der Waals surface area contributed by atoms with Crippen molar-refractivity contribution in [1.29, 1.82) is 0 Å². The highest BCUT2D eigenvalue weighted by Gasteiger charge is 2.19. The number of benzene rings is 1. The van der Waals surface area contributed by atoms with Crippen LogP contribution in [0.3, 0.4) is 0 Å². The largest absolute Gasteiger partial charge is 0.486 e. The number of rotatable bonds is 1. The Morgan fingerprint density at radius 2 is 2.31 bits per heavy atom. The molecule has 3 nitrogen and oxygen atoms in total. The van der Waals surface area contributed by atoms with Gasteiger partial charge >= 0.3 is 0 Å². The Hall–Kier alpha value is -0.930. The smallest absolute Gasteiger partial charge is 0.162 e. The number of hydrogen-bond donors (Lipinski definition) is 1. The van der Waals surface area contributed by atoms with E-state index < -0.39 is 0 Å². The molecule has 70 valence electrons. The maximum atomic E-state index is 5.79. The van der Waals surface area contributed by atoms with Crippen LogP contribution in [-0.2, 0) is 0 Å².